The predicted octanol–water partition coefficient (Wildman–Crippen LogP) is 10.7. The summed E-state index contributed by atoms with van der Waals surface area (Å²) < 4.78 is 32.6. The first-order valence-electron chi connectivity index (χ1n) is 21.0. The maximum absolute atomic E-state index is 12.5. The summed E-state index contributed by atoms with van der Waals surface area (Å²) in [5.41, 5.74) is 0. The molecule has 0 bridgehead atoms. The Balaban J connectivity index is 4.23. The average Bonchev–Trinajstić information content (AvgIpc) is 3.12. The SMILES string of the molecule is CCCCCCCCCCCCCCCCCCCC(=O)OC[C@H](COP(=O)(O)OC[C@@H](O)CO)OC(=O)CCCCCCCCCCCCC. The smallest absolute Gasteiger partial charge is 0.462 e. The topological polar surface area (TPSA) is 149 Å². The number of carbonyl (C=O) groups excluding carboxylic acids is 2. The lowest BCUT2D eigenvalue weighted by Crippen LogP contribution is -2.29. The van der Waals surface area contributed by atoms with E-state index < -0.39 is 51.8 Å². The van der Waals surface area contributed by atoms with E-state index in [0.717, 1.165) is 32.1 Å². The van der Waals surface area contributed by atoms with Crippen LogP contribution in [0, 0.1) is 0 Å². The molecule has 0 saturated heterocycles. The highest BCUT2D eigenvalue weighted by Gasteiger charge is 2.27. The third-order valence-electron chi connectivity index (χ3n) is 9.26. The van der Waals surface area contributed by atoms with Crippen LogP contribution in [0.4, 0.5) is 0 Å². The summed E-state index contributed by atoms with van der Waals surface area (Å²) >= 11 is 0. The summed E-state index contributed by atoms with van der Waals surface area (Å²) in [4.78, 5) is 34.9. The molecule has 0 aromatic heterocycles. The molecule has 0 radical (unpaired) electrons. The van der Waals surface area contributed by atoms with Crippen LogP contribution in [0.15, 0.2) is 0 Å². The number of aliphatic hydroxyl groups excluding tert-OH is 2. The number of hydrogen-bond donors (Lipinski definition) is 3. The Morgan fingerprint density at radius 3 is 1.22 bits per heavy atom. The number of phosphoric ester groups is 1. The highest BCUT2D eigenvalue weighted by molar-refractivity contribution is 7.47. The first-order valence-corrected chi connectivity index (χ1v) is 22.5. The molecule has 0 aliphatic carbocycles. The van der Waals surface area contributed by atoms with Gasteiger partial charge < -0.3 is 24.6 Å². The van der Waals surface area contributed by atoms with Gasteiger partial charge >= 0.3 is 19.8 Å². The van der Waals surface area contributed by atoms with Crippen LogP contribution in [-0.2, 0) is 32.7 Å². The summed E-state index contributed by atoms with van der Waals surface area (Å²) in [5.74, 6) is -0.912. The molecule has 0 heterocycles. The summed E-state index contributed by atoms with van der Waals surface area (Å²) in [7, 11) is -4.60. The number of esters is 2. The first kappa shape index (κ1) is 50.0. The van der Waals surface area contributed by atoms with Crippen molar-refractivity contribution in [1.82, 2.24) is 0 Å². The van der Waals surface area contributed by atoms with Crippen molar-refractivity contribution in [3.8, 4) is 0 Å². The zero-order valence-corrected chi connectivity index (χ0v) is 33.7. The molecule has 0 aromatic carbocycles. The molecule has 0 saturated carbocycles. The monoisotopic (exact) mass is 751 g/mol. The minimum atomic E-state index is -4.60. The lowest BCUT2D eigenvalue weighted by atomic mass is 10.0. The van der Waals surface area contributed by atoms with E-state index in [1.807, 2.05) is 0 Å². The van der Waals surface area contributed by atoms with Gasteiger partial charge in [-0.15, -0.1) is 0 Å². The molecule has 0 aliphatic heterocycles. The Bertz CT molecular complexity index is 827. The Morgan fingerprint density at radius 2 is 0.843 bits per heavy atom. The maximum Gasteiger partial charge on any atom is 0.472 e. The fourth-order valence-corrected chi connectivity index (χ4v) is 6.78. The average molecular weight is 751 g/mol. The Morgan fingerprint density at radius 1 is 0.510 bits per heavy atom. The second-order valence-corrected chi connectivity index (χ2v) is 15.8. The molecule has 10 nitrogen and oxygen atoms in total. The number of hydrogen-bond acceptors (Lipinski definition) is 9. The van der Waals surface area contributed by atoms with E-state index in [9.17, 15) is 24.2 Å². The zero-order valence-electron chi connectivity index (χ0n) is 32.8. The van der Waals surface area contributed by atoms with Gasteiger partial charge in [0.1, 0.15) is 12.7 Å². The van der Waals surface area contributed by atoms with Crippen molar-refractivity contribution in [2.24, 2.45) is 0 Å². The van der Waals surface area contributed by atoms with Crippen molar-refractivity contribution < 1.29 is 47.8 Å². The summed E-state index contributed by atoms with van der Waals surface area (Å²) in [6.45, 7) is 2.40. The minimum absolute atomic E-state index is 0.191. The minimum Gasteiger partial charge on any atom is -0.462 e. The molecule has 1 unspecified atom stereocenters. The number of carbonyl (C=O) groups is 2. The molecular formula is C40H79O10P. The van der Waals surface area contributed by atoms with Crippen LogP contribution in [-0.4, -0.2) is 65.7 Å². The molecule has 0 rings (SSSR count). The lowest BCUT2D eigenvalue weighted by molar-refractivity contribution is -0.161. The molecule has 0 aromatic rings. The van der Waals surface area contributed by atoms with E-state index in [0.29, 0.717) is 12.8 Å². The second kappa shape index (κ2) is 37.3. The molecule has 0 amide bonds. The fourth-order valence-electron chi connectivity index (χ4n) is 5.99. The Hall–Kier alpha value is -1.03. The number of rotatable bonds is 40. The van der Waals surface area contributed by atoms with Gasteiger partial charge in [-0.2, -0.15) is 0 Å². The molecule has 11 heteroatoms. The number of unbranched alkanes of at least 4 members (excludes halogenated alkanes) is 26. The van der Waals surface area contributed by atoms with Gasteiger partial charge in [-0.05, 0) is 12.8 Å². The third kappa shape index (κ3) is 37.1. The van der Waals surface area contributed by atoms with Crippen LogP contribution in [0.3, 0.4) is 0 Å². The first-order chi connectivity index (χ1) is 24.7. The van der Waals surface area contributed by atoms with Gasteiger partial charge in [0.15, 0.2) is 6.10 Å². The summed E-state index contributed by atoms with van der Waals surface area (Å²) in [6, 6.07) is 0. The van der Waals surface area contributed by atoms with E-state index in [-0.39, 0.29) is 19.4 Å². The highest BCUT2D eigenvalue weighted by atomic mass is 31.2. The molecule has 51 heavy (non-hydrogen) atoms. The molecule has 3 atom stereocenters. The summed E-state index contributed by atoms with van der Waals surface area (Å²) in [5, 5.41) is 18.3. The quantitative estimate of drug-likeness (QED) is 0.0314. The third-order valence-corrected chi connectivity index (χ3v) is 10.2. The van der Waals surface area contributed by atoms with Crippen molar-refractivity contribution in [2.45, 2.75) is 219 Å². The normalized spacial score (nSPS) is 13.9. The number of ether oxygens (including phenoxy) is 2. The van der Waals surface area contributed by atoms with Gasteiger partial charge in [0.05, 0.1) is 19.8 Å². The molecule has 0 fully saturated rings. The predicted molar refractivity (Wildman–Crippen MR) is 206 cm³/mol. The maximum atomic E-state index is 12.5. The molecule has 304 valence electrons. The van der Waals surface area contributed by atoms with Crippen molar-refractivity contribution >= 4 is 19.8 Å². The lowest BCUT2D eigenvalue weighted by Gasteiger charge is -2.20. The van der Waals surface area contributed by atoms with Gasteiger partial charge in [-0.3, -0.25) is 18.6 Å². The van der Waals surface area contributed by atoms with Gasteiger partial charge in [-0.1, -0.05) is 181 Å². The fraction of sp³-hybridized carbons (Fsp3) is 0.950. The zero-order chi connectivity index (χ0) is 37.7. The second-order valence-electron chi connectivity index (χ2n) is 14.4. The number of phosphoric acid groups is 1. The van der Waals surface area contributed by atoms with Crippen LogP contribution in [0.25, 0.3) is 0 Å². The standard InChI is InChI=1S/C40H79O10P/c1-3-5-7-9-11-13-15-16-17-18-19-20-22-23-25-27-29-31-39(43)47-35-38(36-49-51(45,46)48-34-37(42)33-41)50-40(44)32-30-28-26-24-21-14-12-10-8-6-4-2/h37-38,41-42H,3-36H2,1-2H3,(H,45,46)/t37-,38+/m0/s1. The van der Waals surface area contributed by atoms with Crippen molar-refractivity contribution in [2.75, 3.05) is 26.4 Å². The van der Waals surface area contributed by atoms with E-state index in [1.165, 1.54) is 135 Å². The Labute approximate surface area is 312 Å². The van der Waals surface area contributed by atoms with Gasteiger partial charge in [0.25, 0.3) is 0 Å². The van der Waals surface area contributed by atoms with Crippen LogP contribution in [0.2, 0.25) is 0 Å². The van der Waals surface area contributed by atoms with E-state index >= 15 is 0 Å². The van der Waals surface area contributed by atoms with E-state index in [2.05, 4.69) is 18.4 Å². The van der Waals surface area contributed by atoms with Crippen molar-refractivity contribution in [3.05, 3.63) is 0 Å². The molecular weight excluding hydrogens is 671 g/mol. The van der Waals surface area contributed by atoms with Gasteiger partial charge in [0, 0.05) is 12.8 Å². The van der Waals surface area contributed by atoms with Crippen LogP contribution < -0.4 is 0 Å². The largest absolute Gasteiger partial charge is 0.472 e. The van der Waals surface area contributed by atoms with E-state index in [1.54, 1.807) is 0 Å². The van der Waals surface area contributed by atoms with Gasteiger partial charge in [-0.25, -0.2) is 4.57 Å². The van der Waals surface area contributed by atoms with Crippen LogP contribution in [0.1, 0.15) is 206 Å². The van der Waals surface area contributed by atoms with E-state index in [4.69, 9.17) is 19.1 Å². The molecule has 3 N–H and O–H groups in total. The number of aliphatic hydroxyl groups is 2. The summed E-state index contributed by atoms with van der Waals surface area (Å²) in [6.07, 6.45) is 32.1. The molecule has 0 spiro atoms. The molecule has 0 aliphatic rings. The van der Waals surface area contributed by atoms with Crippen molar-refractivity contribution in [1.29, 1.82) is 0 Å². The van der Waals surface area contributed by atoms with Crippen LogP contribution in [0.5, 0.6) is 0 Å². The Kier molecular flexibility index (Phi) is 36.5. The van der Waals surface area contributed by atoms with Crippen LogP contribution >= 0.6 is 7.82 Å². The highest BCUT2D eigenvalue weighted by Crippen LogP contribution is 2.43. The van der Waals surface area contributed by atoms with Crippen molar-refractivity contribution in [3.63, 3.8) is 0 Å². The van der Waals surface area contributed by atoms with Gasteiger partial charge in [0.2, 0.25) is 0 Å².